The molecule has 2 heterocycles. The smallest absolute Gasteiger partial charge is 0.321 e. The Morgan fingerprint density at radius 2 is 2.43 bits per heavy atom. The van der Waals surface area contributed by atoms with E-state index in [4.69, 9.17) is 4.52 Å². The molecule has 1 N–H and O–H groups in total. The number of anilines is 1. The molecular weight excluding hydrogens is 266 g/mol. The Hall–Kier alpha value is -0.880. The number of halogens is 1. The first-order chi connectivity index (χ1) is 6.74. The summed E-state index contributed by atoms with van der Waals surface area (Å²) in [5.74, 6) is 0.639. The van der Waals surface area contributed by atoms with Crippen LogP contribution in [0.5, 0.6) is 0 Å². The van der Waals surface area contributed by atoms with Crippen molar-refractivity contribution in [2.24, 2.45) is 0 Å². The second-order valence-electron chi connectivity index (χ2n) is 2.71. The molecule has 74 valence electrons. The molecule has 0 atom stereocenters. The molecule has 2 aromatic heterocycles. The topological polar surface area (TPSA) is 51.0 Å². The van der Waals surface area contributed by atoms with Crippen molar-refractivity contribution in [1.82, 2.24) is 10.1 Å². The Morgan fingerprint density at radius 1 is 1.57 bits per heavy atom. The predicted octanol–water partition coefficient (Wildman–Crippen LogP) is 2.81. The fourth-order valence-corrected chi connectivity index (χ4v) is 2.40. The first-order valence-electron chi connectivity index (χ1n) is 4.02. The summed E-state index contributed by atoms with van der Waals surface area (Å²) in [4.78, 5) is 5.25. The summed E-state index contributed by atoms with van der Waals surface area (Å²) >= 11 is 5.08. The molecule has 0 spiro atoms. The number of nitrogens with zero attached hydrogens (tertiary/aromatic N) is 2. The van der Waals surface area contributed by atoms with Crippen molar-refractivity contribution >= 4 is 33.3 Å². The molecule has 0 fully saturated rings. The summed E-state index contributed by atoms with van der Waals surface area (Å²) < 4.78 is 6.03. The largest absolute Gasteiger partial charge is 0.333 e. The van der Waals surface area contributed by atoms with Crippen molar-refractivity contribution < 1.29 is 4.52 Å². The van der Waals surface area contributed by atoms with E-state index in [1.54, 1.807) is 18.3 Å². The van der Waals surface area contributed by atoms with E-state index in [0.717, 1.165) is 3.79 Å². The molecule has 0 bridgehead atoms. The third-order valence-corrected chi connectivity index (χ3v) is 3.19. The van der Waals surface area contributed by atoms with Crippen molar-refractivity contribution in [3.8, 4) is 0 Å². The Labute approximate surface area is 93.5 Å². The zero-order chi connectivity index (χ0) is 9.97. The van der Waals surface area contributed by atoms with Gasteiger partial charge in [-0.2, -0.15) is 4.98 Å². The predicted molar refractivity (Wildman–Crippen MR) is 58.4 cm³/mol. The highest BCUT2D eigenvalue weighted by molar-refractivity contribution is 9.11. The van der Waals surface area contributed by atoms with E-state index in [1.807, 2.05) is 12.1 Å². The van der Waals surface area contributed by atoms with E-state index in [0.29, 0.717) is 18.4 Å². The summed E-state index contributed by atoms with van der Waals surface area (Å²) in [6.07, 6.45) is 0. The Balaban J connectivity index is 1.94. The lowest BCUT2D eigenvalue weighted by atomic mass is 10.5. The Morgan fingerprint density at radius 3 is 3.00 bits per heavy atom. The number of thiophene rings is 1. The van der Waals surface area contributed by atoms with Gasteiger partial charge in [0.2, 0.25) is 0 Å². The lowest BCUT2D eigenvalue weighted by molar-refractivity contribution is 0.425. The minimum atomic E-state index is 0.465. The molecule has 4 nitrogen and oxygen atoms in total. The first-order valence-corrected chi connectivity index (χ1v) is 5.63. The minimum absolute atomic E-state index is 0.465. The maximum absolute atomic E-state index is 4.91. The third-order valence-electron chi connectivity index (χ3n) is 1.57. The number of aryl methyl sites for hydroxylation is 1. The molecule has 0 amide bonds. The molecule has 0 aliphatic heterocycles. The number of hydrogen-bond acceptors (Lipinski definition) is 5. The fourth-order valence-electron chi connectivity index (χ4n) is 0.978. The van der Waals surface area contributed by atoms with Gasteiger partial charge < -0.3 is 9.84 Å². The van der Waals surface area contributed by atoms with E-state index < -0.39 is 0 Å². The number of nitrogens with one attached hydrogen (secondary N) is 1. The molecule has 2 aromatic rings. The molecule has 0 unspecified atom stereocenters. The van der Waals surface area contributed by atoms with Crippen LogP contribution in [0.25, 0.3) is 0 Å². The van der Waals surface area contributed by atoms with Crippen LogP contribution in [0.4, 0.5) is 6.01 Å². The quantitative estimate of drug-likeness (QED) is 0.935. The highest BCUT2D eigenvalue weighted by atomic mass is 79.9. The minimum Gasteiger partial charge on any atom is -0.333 e. The van der Waals surface area contributed by atoms with Crippen molar-refractivity contribution in [1.29, 1.82) is 0 Å². The van der Waals surface area contributed by atoms with Gasteiger partial charge in [-0.15, -0.1) is 11.3 Å². The maximum Gasteiger partial charge on any atom is 0.321 e. The summed E-state index contributed by atoms with van der Waals surface area (Å²) in [5, 5.41) is 6.72. The van der Waals surface area contributed by atoms with Gasteiger partial charge in [-0.25, -0.2) is 0 Å². The lowest BCUT2D eigenvalue weighted by Crippen LogP contribution is -1.97. The van der Waals surface area contributed by atoms with E-state index in [1.165, 1.54) is 4.88 Å². The molecule has 0 aliphatic carbocycles. The lowest BCUT2D eigenvalue weighted by Gasteiger charge is -1.95. The molecule has 0 radical (unpaired) electrons. The molecule has 6 heteroatoms. The van der Waals surface area contributed by atoms with Crippen LogP contribution < -0.4 is 5.32 Å². The van der Waals surface area contributed by atoms with Crippen molar-refractivity contribution in [2.45, 2.75) is 13.5 Å². The maximum atomic E-state index is 4.91. The molecule has 0 aromatic carbocycles. The molecule has 14 heavy (non-hydrogen) atoms. The van der Waals surface area contributed by atoms with Gasteiger partial charge in [-0.3, -0.25) is 0 Å². The summed E-state index contributed by atoms with van der Waals surface area (Å²) in [5.41, 5.74) is 0. The summed E-state index contributed by atoms with van der Waals surface area (Å²) in [6.45, 7) is 2.49. The van der Waals surface area contributed by atoms with Crippen LogP contribution in [-0.4, -0.2) is 10.1 Å². The first kappa shape index (κ1) is 9.67. The number of rotatable bonds is 3. The van der Waals surface area contributed by atoms with Crippen LogP contribution >= 0.6 is 27.3 Å². The number of hydrogen-bond donors (Lipinski definition) is 1. The molecule has 0 saturated carbocycles. The van der Waals surface area contributed by atoms with E-state index in [-0.39, 0.29) is 0 Å². The highest BCUT2D eigenvalue weighted by Gasteiger charge is 2.02. The van der Waals surface area contributed by atoms with Gasteiger partial charge in [0.05, 0.1) is 10.3 Å². The average molecular weight is 274 g/mol. The van der Waals surface area contributed by atoms with Crippen LogP contribution in [0.3, 0.4) is 0 Å². The van der Waals surface area contributed by atoms with Crippen LogP contribution in [0, 0.1) is 6.92 Å². The molecule has 0 aliphatic rings. The summed E-state index contributed by atoms with van der Waals surface area (Å²) in [6, 6.07) is 4.53. The van der Waals surface area contributed by atoms with Gasteiger partial charge >= 0.3 is 6.01 Å². The van der Waals surface area contributed by atoms with Crippen LogP contribution in [0.1, 0.15) is 10.7 Å². The molecular formula is C8H8BrN3OS. The van der Waals surface area contributed by atoms with Crippen molar-refractivity contribution in [2.75, 3.05) is 5.32 Å². The molecule has 0 saturated heterocycles. The SMILES string of the molecule is Cc1noc(NCc2ccc(Br)s2)n1. The van der Waals surface area contributed by atoms with Crippen molar-refractivity contribution in [3.05, 3.63) is 26.6 Å². The number of aromatic nitrogens is 2. The Kier molecular flexibility index (Phi) is 2.83. The van der Waals surface area contributed by atoms with E-state index in [2.05, 4.69) is 31.4 Å². The van der Waals surface area contributed by atoms with Crippen LogP contribution in [0.2, 0.25) is 0 Å². The van der Waals surface area contributed by atoms with Gasteiger partial charge in [0.25, 0.3) is 0 Å². The highest BCUT2D eigenvalue weighted by Crippen LogP contribution is 2.22. The van der Waals surface area contributed by atoms with Crippen LogP contribution in [-0.2, 0) is 6.54 Å². The van der Waals surface area contributed by atoms with Crippen molar-refractivity contribution in [3.63, 3.8) is 0 Å². The second-order valence-corrected chi connectivity index (χ2v) is 5.25. The monoisotopic (exact) mass is 273 g/mol. The van der Waals surface area contributed by atoms with Gasteiger partial charge in [0.1, 0.15) is 0 Å². The summed E-state index contributed by atoms with van der Waals surface area (Å²) in [7, 11) is 0. The third kappa shape index (κ3) is 2.33. The Bertz CT molecular complexity index is 385. The fraction of sp³-hybridized carbons (Fsp3) is 0.250. The van der Waals surface area contributed by atoms with Gasteiger partial charge in [0.15, 0.2) is 5.82 Å². The average Bonchev–Trinajstić information content (AvgIpc) is 2.72. The van der Waals surface area contributed by atoms with Gasteiger partial charge in [0, 0.05) is 4.88 Å². The standard InChI is InChI=1S/C8H8BrN3OS/c1-5-11-8(13-12-5)10-4-6-2-3-7(9)14-6/h2-3H,4H2,1H3,(H,10,11,12). The van der Waals surface area contributed by atoms with Gasteiger partial charge in [-0.05, 0) is 35.0 Å². The normalized spacial score (nSPS) is 10.4. The molecule has 2 rings (SSSR count). The van der Waals surface area contributed by atoms with E-state index in [9.17, 15) is 0 Å². The van der Waals surface area contributed by atoms with Gasteiger partial charge in [-0.1, -0.05) is 5.16 Å². The van der Waals surface area contributed by atoms with E-state index >= 15 is 0 Å². The zero-order valence-corrected chi connectivity index (χ0v) is 9.85. The van der Waals surface area contributed by atoms with Crippen LogP contribution in [0.15, 0.2) is 20.4 Å². The second kappa shape index (κ2) is 4.10. The zero-order valence-electron chi connectivity index (χ0n) is 7.45.